The van der Waals surface area contributed by atoms with Gasteiger partial charge < -0.3 is 10.6 Å². The van der Waals surface area contributed by atoms with Crippen LogP contribution < -0.4 is 10.6 Å². The van der Waals surface area contributed by atoms with Crippen molar-refractivity contribution in [1.29, 1.82) is 0 Å². The zero-order valence-electron chi connectivity index (χ0n) is 11.2. The van der Waals surface area contributed by atoms with Crippen molar-refractivity contribution in [3.8, 4) is 0 Å². The number of pyridine rings is 1. The lowest BCUT2D eigenvalue weighted by molar-refractivity contribution is -0.383. The molecule has 104 valence electrons. The van der Waals surface area contributed by atoms with E-state index in [1.807, 2.05) is 19.1 Å². The third-order valence-electron chi connectivity index (χ3n) is 2.82. The molecule has 0 aliphatic heterocycles. The number of aromatic nitrogens is 1. The normalized spacial score (nSPS) is 10.1. The number of hydrogen-bond donors (Lipinski definition) is 2. The summed E-state index contributed by atoms with van der Waals surface area (Å²) in [5, 5.41) is 17.3. The van der Waals surface area contributed by atoms with Gasteiger partial charge in [-0.15, -0.1) is 0 Å². The lowest BCUT2D eigenvalue weighted by Gasteiger charge is -2.10. The molecule has 0 fully saturated rings. The van der Waals surface area contributed by atoms with E-state index in [2.05, 4.69) is 15.6 Å². The minimum atomic E-state index is -0.368. The van der Waals surface area contributed by atoms with Crippen molar-refractivity contribution in [1.82, 2.24) is 4.98 Å². The third-order valence-corrected chi connectivity index (χ3v) is 2.82. The van der Waals surface area contributed by atoms with E-state index in [1.54, 1.807) is 30.6 Å². The molecule has 0 aliphatic carbocycles. The first kappa shape index (κ1) is 13.8. The van der Waals surface area contributed by atoms with Crippen LogP contribution in [0.15, 0.2) is 42.7 Å². The Labute approximate surface area is 117 Å². The average molecular weight is 272 g/mol. The SMILES string of the molecule is CCNc1cccc(NCc2ccncc2)c1[N+](=O)[O-]. The van der Waals surface area contributed by atoms with E-state index in [4.69, 9.17) is 0 Å². The summed E-state index contributed by atoms with van der Waals surface area (Å²) in [6.45, 7) is 3.05. The molecular formula is C14H16N4O2. The molecule has 0 radical (unpaired) electrons. The second-order valence-electron chi connectivity index (χ2n) is 4.20. The molecule has 0 saturated carbocycles. The fourth-order valence-corrected chi connectivity index (χ4v) is 1.91. The van der Waals surface area contributed by atoms with Gasteiger partial charge in [-0.25, -0.2) is 0 Å². The van der Waals surface area contributed by atoms with Crippen LogP contribution in [0.5, 0.6) is 0 Å². The molecule has 2 rings (SSSR count). The average Bonchev–Trinajstić information content (AvgIpc) is 2.46. The van der Waals surface area contributed by atoms with Crippen LogP contribution in [0.1, 0.15) is 12.5 Å². The fraction of sp³-hybridized carbons (Fsp3) is 0.214. The van der Waals surface area contributed by atoms with Gasteiger partial charge in [-0.2, -0.15) is 0 Å². The van der Waals surface area contributed by atoms with Crippen molar-refractivity contribution in [3.63, 3.8) is 0 Å². The Morgan fingerprint density at radius 2 is 1.80 bits per heavy atom. The highest BCUT2D eigenvalue weighted by Gasteiger charge is 2.18. The topological polar surface area (TPSA) is 80.1 Å². The largest absolute Gasteiger partial charge is 0.380 e. The van der Waals surface area contributed by atoms with Crippen molar-refractivity contribution in [2.24, 2.45) is 0 Å². The van der Waals surface area contributed by atoms with Crippen LogP contribution in [-0.4, -0.2) is 16.5 Å². The summed E-state index contributed by atoms with van der Waals surface area (Å²) in [6.07, 6.45) is 3.39. The van der Waals surface area contributed by atoms with E-state index in [-0.39, 0.29) is 10.6 Å². The van der Waals surface area contributed by atoms with Crippen LogP contribution in [0.25, 0.3) is 0 Å². The maximum atomic E-state index is 11.2. The number of nitrogens with one attached hydrogen (secondary N) is 2. The summed E-state index contributed by atoms with van der Waals surface area (Å²) in [4.78, 5) is 14.8. The zero-order valence-corrected chi connectivity index (χ0v) is 11.2. The minimum Gasteiger partial charge on any atom is -0.380 e. The number of hydrogen-bond acceptors (Lipinski definition) is 5. The Morgan fingerprint density at radius 3 is 2.40 bits per heavy atom. The highest BCUT2D eigenvalue weighted by Crippen LogP contribution is 2.32. The molecule has 0 aliphatic rings. The van der Waals surface area contributed by atoms with Gasteiger partial charge in [-0.05, 0) is 36.8 Å². The molecule has 1 aromatic carbocycles. The standard InChI is InChI=1S/C14H16N4O2/c1-2-16-12-4-3-5-13(14(12)18(19)20)17-10-11-6-8-15-9-7-11/h3-9,16-17H,2,10H2,1H3. The molecular weight excluding hydrogens is 256 g/mol. The van der Waals surface area contributed by atoms with Crippen LogP contribution in [0.2, 0.25) is 0 Å². The van der Waals surface area contributed by atoms with Gasteiger partial charge in [0.2, 0.25) is 0 Å². The molecule has 1 heterocycles. The first-order valence-corrected chi connectivity index (χ1v) is 6.36. The summed E-state index contributed by atoms with van der Waals surface area (Å²) in [5.74, 6) is 0. The van der Waals surface area contributed by atoms with Gasteiger partial charge in [-0.3, -0.25) is 15.1 Å². The van der Waals surface area contributed by atoms with E-state index in [1.165, 1.54) is 0 Å². The van der Waals surface area contributed by atoms with Gasteiger partial charge in [-0.1, -0.05) is 6.07 Å². The molecule has 0 unspecified atom stereocenters. The van der Waals surface area contributed by atoms with Gasteiger partial charge in [0.1, 0.15) is 11.4 Å². The Hall–Kier alpha value is -2.63. The first-order valence-electron chi connectivity index (χ1n) is 6.36. The first-order chi connectivity index (χ1) is 9.72. The van der Waals surface area contributed by atoms with Crippen molar-refractivity contribution in [2.45, 2.75) is 13.5 Å². The molecule has 6 heteroatoms. The Morgan fingerprint density at radius 1 is 1.15 bits per heavy atom. The van der Waals surface area contributed by atoms with Gasteiger partial charge in [0, 0.05) is 25.5 Å². The van der Waals surface area contributed by atoms with Gasteiger partial charge in [0.15, 0.2) is 0 Å². The van der Waals surface area contributed by atoms with Crippen LogP contribution >= 0.6 is 0 Å². The second-order valence-corrected chi connectivity index (χ2v) is 4.20. The number of para-hydroxylation sites is 1. The maximum absolute atomic E-state index is 11.2. The highest BCUT2D eigenvalue weighted by atomic mass is 16.6. The summed E-state index contributed by atoms with van der Waals surface area (Å²) in [7, 11) is 0. The van der Waals surface area contributed by atoms with Gasteiger partial charge in [0.05, 0.1) is 4.92 Å². The summed E-state index contributed by atoms with van der Waals surface area (Å²) >= 11 is 0. The smallest absolute Gasteiger partial charge is 0.315 e. The Kier molecular flexibility index (Phi) is 4.49. The summed E-state index contributed by atoms with van der Waals surface area (Å²) in [5.41, 5.74) is 2.12. The van der Waals surface area contributed by atoms with E-state index in [9.17, 15) is 10.1 Å². The van der Waals surface area contributed by atoms with Crippen molar-refractivity contribution in [2.75, 3.05) is 17.2 Å². The number of nitro benzene ring substituents is 1. The molecule has 0 amide bonds. The van der Waals surface area contributed by atoms with Crippen LogP contribution in [0.4, 0.5) is 17.1 Å². The third kappa shape index (κ3) is 3.23. The van der Waals surface area contributed by atoms with E-state index in [0.717, 1.165) is 5.56 Å². The van der Waals surface area contributed by atoms with Crippen LogP contribution in [-0.2, 0) is 6.54 Å². The quantitative estimate of drug-likeness (QED) is 0.624. The minimum absolute atomic E-state index is 0.0726. The number of benzene rings is 1. The predicted octanol–water partition coefficient (Wildman–Crippen LogP) is 3.03. The monoisotopic (exact) mass is 272 g/mol. The number of nitrogens with zero attached hydrogens (tertiary/aromatic N) is 2. The second kappa shape index (κ2) is 6.51. The predicted molar refractivity (Wildman–Crippen MR) is 78.8 cm³/mol. The van der Waals surface area contributed by atoms with Gasteiger partial charge >= 0.3 is 5.69 Å². The van der Waals surface area contributed by atoms with Crippen LogP contribution in [0, 0.1) is 10.1 Å². The number of rotatable bonds is 6. The van der Waals surface area contributed by atoms with Crippen LogP contribution in [0.3, 0.4) is 0 Å². The van der Waals surface area contributed by atoms with E-state index >= 15 is 0 Å². The maximum Gasteiger partial charge on any atom is 0.315 e. The van der Waals surface area contributed by atoms with E-state index < -0.39 is 0 Å². The number of nitro groups is 1. The Balaban J connectivity index is 2.22. The van der Waals surface area contributed by atoms with Crippen molar-refractivity contribution >= 4 is 17.1 Å². The fourth-order valence-electron chi connectivity index (χ4n) is 1.91. The molecule has 0 saturated heterocycles. The van der Waals surface area contributed by atoms with Gasteiger partial charge in [0.25, 0.3) is 0 Å². The number of anilines is 2. The molecule has 0 bridgehead atoms. The molecule has 0 atom stereocenters. The van der Waals surface area contributed by atoms with Crippen molar-refractivity contribution in [3.05, 3.63) is 58.4 Å². The highest BCUT2D eigenvalue weighted by molar-refractivity contribution is 5.76. The lowest BCUT2D eigenvalue weighted by atomic mass is 10.2. The Bertz CT molecular complexity index is 587. The zero-order chi connectivity index (χ0) is 14.4. The molecule has 20 heavy (non-hydrogen) atoms. The van der Waals surface area contributed by atoms with Crippen molar-refractivity contribution < 1.29 is 4.92 Å². The lowest BCUT2D eigenvalue weighted by Crippen LogP contribution is -2.06. The summed E-state index contributed by atoms with van der Waals surface area (Å²) < 4.78 is 0. The van der Waals surface area contributed by atoms with E-state index in [0.29, 0.717) is 24.5 Å². The molecule has 2 N–H and O–H groups in total. The molecule has 1 aromatic heterocycles. The molecule has 2 aromatic rings. The summed E-state index contributed by atoms with van der Waals surface area (Å²) in [6, 6.07) is 8.94. The molecule has 0 spiro atoms. The molecule has 6 nitrogen and oxygen atoms in total.